The van der Waals surface area contributed by atoms with Crippen LogP contribution in [0.4, 0.5) is 0 Å². The normalized spacial score (nSPS) is 25.5. The molecule has 0 heterocycles. The van der Waals surface area contributed by atoms with Crippen LogP contribution >= 0.6 is 17.0 Å². The van der Waals surface area contributed by atoms with Crippen LogP contribution in [-0.4, -0.2) is 0 Å². The zero-order chi connectivity index (χ0) is 14.9. The summed E-state index contributed by atoms with van der Waals surface area (Å²) in [5.74, 6) is 1.64. The van der Waals surface area contributed by atoms with Gasteiger partial charge in [-0.05, 0) is 35.8 Å². The van der Waals surface area contributed by atoms with Gasteiger partial charge >= 0.3 is 37.9 Å². The number of fused-ring (bicyclic) bond motifs is 3. The fourth-order valence-electron chi connectivity index (χ4n) is 3.73. The van der Waals surface area contributed by atoms with E-state index >= 15 is 0 Å². The van der Waals surface area contributed by atoms with Crippen molar-refractivity contribution in [2.24, 2.45) is 11.8 Å². The predicted octanol–water partition coefficient (Wildman–Crippen LogP) is 7.62. The van der Waals surface area contributed by atoms with E-state index in [-0.39, 0.29) is 14.9 Å². The van der Waals surface area contributed by atoms with Crippen LogP contribution in [-0.2, 0) is 20.8 Å². The molecule has 4 aliphatic rings. The van der Waals surface area contributed by atoms with E-state index in [0.29, 0.717) is 0 Å². The van der Waals surface area contributed by atoms with Gasteiger partial charge in [0.25, 0.3) is 0 Å². The van der Waals surface area contributed by atoms with E-state index in [1.165, 1.54) is 56.9 Å². The van der Waals surface area contributed by atoms with Crippen LogP contribution in [0.2, 0.25) is 0 Å². The Morgan fingerprint density at radius 2 is 1.43 bits per heavy atom. The zero-order valence-electron chi connectivity index (χ0n) is 14.5. The Balaban J connectivity index is 0.000000413. The van der Waals surface area contributed by atoms with Crippen LogP contribution in [0.3, 0.4) is 0 Å². The number of halogens is 2. The van der Waals surface area contributed by atoms with Gasteiger partial charge in [-0.3, -0.25) is 0 Å². The molecule has 0 amide bonds. The SMILES string of the molecule is C1=CC2=CC=CC3CCCC3C2=C1.C1CCCC1.[CH3-].[CH3-].[Cl][Zr+2][Cl]. The minimum atomic E-state index is -0.826. The van der Waals surface area contributed by atoms with Gasteiger partial charge in [0, 0.05) is 0 Å². The van der Waals surface area contributed by atoms with Gasteiger partial charge in [-0.2, -0.15) is 0 Å². The first-order chi connectivity index (χ1) is 10.4. The van der Waals surface area contributed by atoms with E-state index in [4.69, 9.17) is 17.0 Å². The zero-order valence-corrected chi connectivity index (χ0v) is 18.5. The third-order valence-electron chi connectivity index (χ3n) is 4.74. The van der Waals surface area contributed by atoms with E-state index in [9.17, 15) is 0 Å². The molecule has 4 rings (SSSR count). The molecule has 0 N–H and O–H groups in total. The molecule has 4 aliphatic carbocycles. The molecular weight excluding hydrogens is 402 g/mol. The molecule has 0 spiro atoms. The minimum absolute atomic E-state index is 0. The van der Waals surface area contributed by atoms with Crippen molar-refractivity contribution in [3.05, 3.63) is 62.5 Å². The summed E-state index contributed by atoms with van der Waals surface area (Å²) in [6.45, 7) is 0. The molecule has 128 valence electrons. The molecule has 0 saturated heterocycles. The molecule has 2 fully saturated rings. The van der Waals surface area contributed by atoms with Gasteiger partial charge in [0.05, 0.1) is 0 Å². The van der Waals surface area contributed by atoms with Gasteiger partial charge in [0.1, 0.15) is 0 Å². The topological polar surface area (TPSA) is 0 Å². The van der Waals surface area contributed by atoms with Crippen LogP contribution in [0.1, 0.15) is 51.4 Å². The quantitative estimate of drug-likeness (QED) is 0.345. The van der Waals surface area contributed by atoms with Gasteiger partial charge in [-0.15, -0.1) is 0 Å². The third kappa shape index (κ3) is 7.45. The average Bonchev–Trinajstić information content (AvgIpc) is 3.22. The molecular formula is C20H30Cl2Zr. The van der Waals surface area contributed by atoms with Gasteiger partial charge in [-0.1, -0.05) is 75.0 Å². The van der Waals surface area contributed by atoms with Gasteiger partial charge in [0.2, 0.25) is 0 Å². The Kier molecular flexibility index (Phi) is 13.9. The predicted molar refractivity (Wildman–Crippen MR) is 103 cm³/mol. The van der Waals surface area contributed by atoms with Crippen molar-refractivity contribution in [2.75, 3.05) is 0 Å². The maximum absolute atomic E-state index is 4.93. The van der Waals surface area contributed by atoms with Crippen LogP contribution in [0.25, 0.3) is 0 Å². The summed E-state index contributed by atoms with van der Waals surface area (Å²) < 4.78 is 0. The standard InChI is InChI=1S/C13H14.C5H10.2CH3.2ClH.Zr/c1-4-10-6-2-8-12(10)13-9-3-7-11(13)5-1;1-2-4-5-3-1;;;;;/h1-2,4-6,8,11,13H,3,7,9H2;1-5H2;2*1H3;2*1H;/q;;2*-1;;;+4/p-2. The summed E-state index contributed by atoms with van der Waals surface area (Å²) >= 11 is -0.826. The van der Waals surface area contributed by atoms with Crippen molar-refractivity contribution in [2.45, 2.75) is 51.4 Å². The molecule has 23 heavy (non-hydrogen) atoms. The van der Waals surface area contributed by atoms with E-state index in [1.54, 1.807) is 5.57 Å². The van der Waals surface area contributed by atoms with E-state index in [1.807, 2.05) is 0 Å². The average molecular weight is 433 g/mol. The molecule has 0 aliphatic heterocycles. The molecule has 0 aromatic heterocycles. The van der Waals surface area contributed by atoms with Crippen LogP contribution in [0, 0.1) is 26.7 Å². The molecule has 0 radical (unpaired) electrons. The Bertz CT molecular complexity index is 423. The van der Waals surface area contributed by atoms with E-state index in [0.717, 1.165) is 11.8 Å². The maximum atomic E-state index is 4.93. The van der Waals surface area contributed by atoms with Gasteiger partial charge in [0.15, 0.2) is 0 Å². The fourth-order valence-corrected chi connectivity index (χ4v) is 3.73. The Hall–Kier alpha value is 0.423. The van der Waals surface area contributed by atoms with Crippen molar-refractivity contribution in [1.29, 1.82) is 0 Å². The van der Waals surface area contributed by atoms with Crippen LogP contribution in [0.15, 0.2) is 47.6 Å². The monoisotopic (exact) mass is 430 g/mol. The molecule has 0 bridgehead atoms. The fraction of sp³-hybridized carbons (Fsp3) is 0.500. The molecule has 2 atom stereocenters. The molecule has 0 nitrogen and oxygen atoms in total. The number of rotatable bonds is 0. The van der Waals surface area contributed by atoms with E-state index in [2.05, 4.69) is 36.5 Å². The molecule has 0 aromatic rings. The summed E-state index contributed by atoms with van der Waals surface area (Å²) in [6.07, 6.45) is 25.3. The van der Waals surface area contributed by atoms with Crippen molar-refractivity contribution < 1.29 is 20.8 Å². The molecule has 0 aromatic carbocycles. The number of allylic oxidation sites excluding steroid dienone is 8. The van der Waals surface area contributed by atoms with Crippen LogP contribution in [0.5, 0.6) is 0 Å². The first-order valence-corrected chi connectivity index (χ1v) is 14.4. The molecule has 2 saturated carbocycles. The summed E-state index contributed by atoms with van der Waals surface area (Å²) in [7, 11) is 9.87. The summed E-state index contributed by atoms with van der Waals surface area (Å²) in [4.78, 5) is 0. The first-order valence-electron chi connectivity index (χ1n) is 8.10. The molecule has 2 unspecified atom stereocenters. The van der Waals surface area contributed by atoms with Crippen molar-refractivity contribution in [1.82, 2.24) is 0 Å². The Morgan fingerprint density at radius 1 is 0.826 bits per heavy atom. The van der Waals surface area contributed by atoms with Crippen molar-refractivity contribution in [3.63, 3.8) is 0 Å². The Labute approximate surface area is 162 Å². The van der Waals surface area contributed by atoms with Gasteiger partial charge < -0.3 is 14.9 Å². The molecule has 3 heteroatoms. The summed E-state index contributed by atoms with van der Waals surface area (Å²) in [5, 5.41) is 0. The second-order valence-corrected chi connectivity index (χ2v) is 9.76. The second kappa shape index (κ2) is 13.7. The first kappa shape index (κ1) is 23.4. The van der Waals surface area contributed by atoms with Gasteiger partial charge in [-0.25, -0.2) is 0 Å². The van der Waals surface area contributed by atoms with Crippen molar-refractivity contribution >= 4 is 17.0 Å². The second-order valence-electron chi connectivity index (χ2n) is 6.03. The number of hydrogen-bond donors (Lipinski definition) is 0. The summed E-state index contributed by atoms with van der Waals surface area (Å²) in [6, 6.07) is 0. The van der Waals surface area contributed by atoms with E-state index < -0.39 is 20.8 Å². The van der Waals surface area contributed by atoms with Crippen molar-refractivity contribution in [3.8, 4) is 0 Å². The Morgan fingerprint density at radius 3 is 2.04 bits per heavy atom. The third-order valence-corrected chi connectivity index (χ3v) is 4.74. The number of hydrogen-bond acceptors (Lipinski definition) is 0. The van der Waals surface area contributed by atoms with Crippen LogP contribution < -0.4 is 0 Å². The summed E-state index contributed by atoms with van der Waals surface area (Å²) in [5.41, 5.74) is 3.04.